The Balaban J connectivity index is 1.96. The van der Waals surface area contributed by atoms with Crippen LogP contribution in [0.4, 0.5) is 10.1 Å². The number of Topliss-reactive ketones (excluding diaryl/α,β-unsaturated/α-hetero) is 1. The van der Waals surface area contributed by atoms with E-state index in [0.29, 0.717) is 21.9 Å². The lowest BCUT2D eigenvalue weighted by atomic mass is 9.95. The average molecular weight is 472 g/mol. The highest BCUT2D eigenvalue weighted by molar-refractivity contribution is 6.51. The van der Waals surface area contributed by atoms with Crippen molar-refractivity contribution >= 4 is 46.3 Å². The number of hydrogen-bond acceptors (Lipinski definition) is 4. The van der Waals surface area contributed by atoms with E-state index < -0.39 is 23.5 Å². The minimum atomic E-state index is -0.998. The van der Waals surface area contributed by atoms with Crippen LogP contribution in [0.3, 0.4) is 0 Å². The minimum absolute atomic E-state index is 0.119. The van der Waals surface area contributed by atoms with Crippen LogP contribution >= 0.6 is 23.2 Å². The van der Waals surface area contributed by atoms with E-state index in [9.17, 15) is 19.1 Å². The van der Waals surface area contributed by atoms with Gasteiger partial charge in [-0.1, -0.05) is 35.3 Å². The van der Waals surface area contributed by atoms with Crippen molar-refractivity contribution in [3.63, 3.8) is 0 Å². The number of methoxy groups -OCH3 is 1. The molecular weight excluding hydrogens is 456 g/mol. The molecule has 32 heavy (non-hydrogen) atoms. The number of benzene rings is 3. The van der Waals surface area contributed by atoms with E-state index in [2.05, 4.69) is 0 Å². The molecular formula is C24H16Cl2FNO4. The van der Waals surface area contributed by atoms with Crippen LogP contribution in [0, 0.1) is 5.82 Å². The van der Waals surface area contributed by atoms with Crippen LogP contribution < -0.4 is 9.64 Å². The molecule has 1 unspecified atom stereocenters. The van der Waals surface area contributed by atoms with Crippen LogP contribution in [0.2, 0.25) is 10.0 Å². The number of rotatable bonds is 4. The van der Waals surface area contributed by atoms with Crippen molar-refractivity contribution in [3.8, 4) is 5.75 Å². The van der Waals surface area contributed by atoms with Gasteiger partial charge in [-0.3, -0.25) is 14.5 Å². The van der Waals surface area contributed by atoms with Gasteiger partial charge in [-0.25, -0.2) is 4.39 Å². The molecule has 0 bridgehead atoms. The fourth-order valence-corrected chi connectivity index (χ4v) is 3.92. The van der Waals surface area contributed by atoms with Crippen molar-refractivity contribution < 1.29 is 23.8 Å². The zero-order chi connectivity index (χ0) is 23.0. The zero-order valence-corrected chi connectivity index (χ0v) is 18.2. The van der Waals surface area contributed by atoms with Crippen LogP contribution in [0.5, 0.6) is 5.75 Å². The lowest BCUT2D eigenvalue weighted by Gasteiger charge is -2.26. The molecule has 0 aliphatic carbocycles. The highest BCUT2D eigenvalue weighted by Gasteiger charge is 2.47. The van der Waals surface area contributed by atoms with Crippen molar-refractivity contribution in [1.29, 1.82) is 0 Å². The summed E-state index contributed by atoms with van der Waals surface area (Å²) in [6.45, 7) is 0. The first-order chi connectivity index (χ1) is 15.3. The van der Waals surface area contributed by atoms with Crippen molar-refractivity contribution in [1.82, 2.24) is 0 Å². The molecule has 8 heteroatoms. The van der Waals surface area contributed by atoms with Gasteiger partial charge in [0.1, 0.15) is 17.3 Å². The van der Waals surface area contributed by atoms with Crippen molar-refractivity contribution in [3.05, 3.63) is 99.3 Å². The molecule has 0 radical (unpaired) electrons. The van der Waals surface area contributed by atoms with Gasteiger partial charge in [-0.2, -0.15) is 0 Å². The normalized spacial score (nSPS) is 17.6. The van der Waals surface area contributed by atoms with Gasteiger partial charge in [0.25, 0.3) is 11.7 Å². The molecule has 3 aromatic carbocycles. The molecule has 0 saturated carbocycles. The number of nitrogens with zero attached hydrogens (tertiary/aromatic N) is 1. The summed E-state index contributed by atoms with van der Waals surface area (Å²) in [7, 11) is 1.49. The SMILES string of the molecule is COc1cccc(C2/C(=C(\O)c3ccc(Cl)cc3)C(=O)C(=O)N2c2ccc(F)c(Cl)c2)c1. The maximum absolute atomic E-state index is 13.8. The molecule has 1 aliphatic rings. The van der Waals surface area contributed by atoms with Gasteiger partial charge in [0.15, 0.2) is 0 Å². The molecule has 0 spiro atoms. The predicted octanol–water partition coefficient (Wildman–Crippen LogP) is 5.77. The van der Waals surface area contributed by atoms with E-state index >= 15 is 0 Å². The molecule has 1 aliphatic heterocycles. The second-order valence-corrected chi connectivity index (χ2v) is 7.89. The minimum Gasteiger partial charge on any atom is -0.507 e. The average Bonchev–Trinajstić information content (AvgIpc) is 3.06. The Labute approximate surface area is 193 Å². The Morgan fingerprint density at radius 1 is 1.03 bits per heavy atom. The number of amides is 1. The monoisotopic (exact) mass is 471 g/mol. The van der Waals surface area contributed by atoms with Crippen LogP contribution in [-0.2, 0) is 9.59 Å². The lowest BCUT2D eigenvalue weighted by molar-refractivity contribution is -0.132. The third-order valence-electron chi connectivity index (χ3n) is 5.15. The summed E-state index contributed by atoms with van der Waals surface area (Å²) in [5, 5.41) is 11.3. The smallest absolute Gasteiger partial charge is 0.300 e. The fourth-order valence-electron chi connectivity index (χ4n) is 3.62. The van der Waals surface area contributed by atoms with Gasteiger partial charge in [0.05, 0.1) is 23.7 Å². The number of anilines is 1. The first kappa shape index (κ1) is 21.9. The molecule has 1 atom stereocenters. The molecule has 0 aromatic heterocycles. The summed E-state index contributed by atoms with van der Waals surface area (Å²) in [6.07, 6.45) is 0. The summed E-state index contributed by atoms with van der Waals surface area (Å²) in [5.74, 6) is -2.28. The van der Waals surface area contributed by atoms with E-state index in [-0.39, 0.29) is 22.0 Å². The predicted molar refractivity (Wildman–Crippen MR) is 121 cm³/mol. The van der Waals surface area contributed by atoms with E-state index in [1.54, 1.807) is 48.5 Å². The van der Waals surface area contributed by atoms with Crippen LogP contribution in [0.25, 0.3) is 5.76 Å². The van der Waals surface area contributed by atoms with Gasteiger partial charge >= 0.3 is 0 Å². The van der Waals surface area contributed by atoms with Gasteiger partial charge < -0.3 is 9.84 Å². The molecule has 1 heterocycles. The van der Waals surface area contributed by atoms with E-state index in [1.807, 2.05) is 0 Å². The highest BCUT2D eigenvalue weighted by atomic mass is 35.5. The summed E-state index contributed by atoms with van der Waals surface area (Å²) in [6, 6.07) is 15.7. The van der Waals surface area contributed by atoms with Gasteiger partial charge in [0.2, 0.25) is 0 Å². The number of halogens is 3. The first-order valence-corrected chi connectivity index (χ1v) is 10.2. The number of carbonyl (C=O) groups is 2. The molecule has 1 N–H and O–H groups in total. The van der Waals surface area contributed by atoms with E-state index in [0.717, 1.165) is 6.07 Å². The fraction of sp³-hybridized carbons (Fsp3) is 0.0833. The number of carbonyl (C=O) groups excluding carboxylic acids is 2. The topological polar surface area (TPSA) is 66.8 Å². The quantitative estimate of drug-likeness (QED) is 0.298. The second-order valence-electron chi connectivity index (χ2n) is 7.05. The summed E-state index contributed by atoms with van der Waals surface area (Å²) in [4.78, 5) is 27.4. The van der Waals surface area contributed by atoms with Gasteiger partial charge in [-0.05, 0) is 60.2 Å². The summed E-state index contributed by atoms with van der Waals surface area (Å²) in [5.41, 5.74) is 0.921. The Morgan fingerprint density at radius 2 is 1.75 bits per heavy atom. The number of ketones is 1. The first-order valence-electron chi connectivity index (χ1n) is 9.47. The molecule has 1 amide bonds. The second kappa shape index (κ2) is 8.65. The molecule has 4 rings (SSSR count). The summed E-state index contributed by atoms with van der Waals surface area (Å²) < 4.78 is 19.0. The molecule has 3 aromatic rings. The van der Waals surface area contributed by atoms with Crippen molar-refractivity contribution in [2.24, 2.45) is 0 Å². The molecule has 5 nitrogen and oxygen atoms in total. The van der Waals surface area contributed by atoms with Crippen LogP contribution in [0.1, 0.15) is 17.2 Å². The van der Waals surface area contributed by atoms with Crippen LogP contribution in [-0.4, -0.2) is 23.9 Å². The Bertz CT molecular complexity index is 1260. The van der Waals surface area contributed by atoms with Gasteiger partial charge in [0, 0.05) is 16.3 Å². The Hall–Kier alpha value is -3.35. The van der Waals surface area contributed by atoms with Gasteiger partial charge in [-0.15, -0.1) is 0 Å². The molecule has 162 valence electrons. The summed E-state index contributed by atoms with van der Waals surface area (Å²) >= 11 is 11.9. The number of ether oxygens (including phenoxy) is 1. The maximum atomic E-state index is 13.8. The van der Waals surface area contributed by atoms with Crippen LogP contribution in [0.15, 0.2) is 72.3 Å². The number of aliphatic hydroxyl groups excluding tert-OH is 1. The zero-order valence-electron chi connectivity index (χ0n) is 16.7. The van der Waals surface area contributed by atoms with E-state index in [1.165, 1.54) is 24.1 Å². The largest absolute Gasteiger partial charge is 0.507 e. The van der Waals surface area contributed by atoms with Crippen molar-refractivity contribution in [2.45, 2.75) is 6.04 Å². The van der Waals surface area contributed by atoms with E-state index in [4.69, 9.17) is 27.9 Å². The number of hydrogen-bond donors (Lipinski definition) is 1. The Morgan fingerprint density at radius 3 is 2.41 bits per heavy atom. The third kappa shape index (κ3) is 3.83. The molecule has 1 saturated heterocycles. The highest BCUT2D eigenvalue weighted by Crippen LogP contribution is 2.43. The molecule has 1 fully saturated rings. The van der Waals surface area contributed by atoms with Crippen molar-refractivity contribution in [2.75, 3.05) is 12.0 Å². The number of aliphatic hydroxyl groups is 1. The Kier molecular flexibility index (Phi) is 5.91. The third-order valence-corrected chi connectivity index (χ3v) is 5.69. The lowest BCUT2D eigenvalue weighted by Crippen LogP contribution is -2.29. The maximum Gasteiger partial charge on any atom is 0.300 e. The standard InChI is InChI=1S/C24H16Cl2FNO4/c1-32-17-4-2-3-14(11-17)21-20(22(29)13-5-7-15(25)8-6-13)23(30)24(31)28(21)16-9-10-19(27)18(26)12-16/h2-12,21,29H,1H3/b22-20+.